The lowest BCUT2D eigenvalue weighted by molar-refractivity contribution is -0.137. The quantitative estimate of drug-likeness (QED) is 0.773. The molecular weight excluding hydrogens is 209 g/mol. The Morgan fingerprint density at radius 1 is 1.40 bits per heavy atom. The van der Waals surface area contributed by atoms with Gasteiger partial charge in [0, 0.05) is 19.3 Å². The van der Waals surface area contributed by atoms with Crippen molar-refractivity contribution in [3.05, 3.63) is 18.1 Å². The summed E-state index contributed by atoms with van der Waals surface area (Å²) < 4.78 is 37.5. The van der Waals surface area contributed by atoms with Crippen molar-refractivity contribution in [3.8, 4) is 0 Å². The number of alkyl halides is 3. The Bertz CT molecular complexity index is 348. The maximum absolute atomic E-state index is 12.5. The molecule has 7 heteroatoms. The minimum atomic E-state index is -4.42. The molecule has 0 radical (unpaired) electrons. The van der Waals surface area contributed by atoms with Crippen LogP contribution in [0.2, 0.25) is 0 Å². The predicted molar refractivity (Wildman–Crippen MR) is 47.3 cm³/mol. The Balaban J connectivity index is 2.21. The fourth-order valence-electron chi connectivity index (χ4n) is 1.24. The lowest BCUT2D eigenvalue weighted by Gasteiger charge is -2.29. The molecular formula is C8H9F3N4. The summed E-state index contributed by atoms with van der Waals surface area (Å²) in [6.45, 7) is 1.31. The van der Waals surface area contributed by atoms with E-state index in [1.54, 1.807) is 0 Å². The first-order valence-electron chi connectivity index (χ1n) is 4.42. The summed E-state index contributed by atoms with van der Waals surface area (Å²) in [5.74, 6) is -0.149. The van der Waals surface area contributed by atoms with Crippen LogP contribution in [-0.4, -0.2) is 29.1 Å². The summed E-state index contributed by atoms with van der Waals surface area (Å²) in [7, 11) is 0. The van der Waals surface area contributed by atoms with Crippen LogP contribution in [0.15, 0.2) is 12.5 Å². The third kappa shape index (κ3) is 2.17. The van der Waals surface area contributed by atoms with Crippen molar-refractivity contribution in [3.63, 3.8) is 0 Å². The summed E-state index contributed by atoms with van der Waals surface area (Å²) in [6, 6.07) is 0.0148. The molecule has 1 saturated heterocycles. The standard InChI is InChI=1S/C8H9F3N4/c9-8(10,11)6-3-13-4-14-7(6)15-5-1-12-2-5/h3-5,12H,1-2H2,(H,13,14,15). The van der Waals surface area contributed by atoms with Crippen LogP contribution in [0, 0.1) is 0 Å². The van der Waals surface area contributed by atoms with E-state index in [1.165, 1.54) is 0 Å². The van der Waals surface area contributed by atoms with Gasteiger partial charge in [-0.2, -0.15) is 13.2 Å². The van der Waals surface area contributed by atoms with Crippen LogP contribution >= 0.6 is 0 Å². The maximum Gasteiger partial charge on any atom is 0.421 e. The van der Waals surface area contributed by atoms with E-state index in [0.29, 0.717) is 13.1 Å². The Hall–Kier alpha value is -1.37. The highest BCUT2D eigenvalue weighted by atomic mass is 19.4. The molecule has 1 aromatic rings. The van der Waals surface area contributed by atoms with Crippen LogP contribution in [0.1, 0.15) is 5.56 Å². The second-order valence-electron chi connectivity index (χ2n) is 3.28. The van der Waals surface area contributed by atoms with Crippen molar-refractivity contribution in [1.82, 2.24) is 15.3 Å². The van der Waals surface area contributed by atoms with Crippen molar-refractivity contribution >= 4 is 5.82 Å². The summed E-state index contributed by atoms with van der Waals surface area (Å²) in [4.78, 5) is 6.97. The van der Waals surface area contributed by atoms with Gasteiger partial charge in [-0.15, -0.1) is 0 Å². The highest BCUT2D eigenvalue weighted by Gasteiger charge is 2.35. The summed E-state index contributed by atoms with van der Waals surface area (Å²) >= 11 is 0. The van der Waals surface area contributed by atoms with Gasteiger partial charge in [-0.05, 0) is 0 Å². The lowest BCUT2D eigenvalue weighted by Crippen LogP contribution is -2.51. The average molecular weight is 218 g/mol. The van der Waals surface area contributed by atoms with E-state index >= 15 is 0 Å². The molecule has 0 bridgehead atoms. The first kappa shape index (κ1) is 10.2. The smallest absolute Gasteiger partial charge is 0.364 e. The van der Waals surface area contributed by atoms with Crippen LogP contribution in [0.25, 0.3) is 0 Å². The highest BCUT2D eigenvalue weighted by Crippen LogP contribution is 2.33. The zero-order chi connectivity index (χ0) is 10.9. The number of hydrogen-bond acceptors (Lipinski definition) is 4. The minimum Gasteiger partial charge on any atom is -0.364 e. The summed E-state index contributed by atoms with van der Waals surface area (Å²) in [6.07, 6.45) is -2.54. The van der Waals surface area contributed by atoms with Gasteiger partial charge in [-0.1, -0.05) is 0 Å². The number of halogens is 3. The molecule has 0 amide bonds. The van der Waals surface area contributed by atoms with Gasteiger partial charge in [0.25, 0.3) is 0 Å². The Morgan fingerprint density at radius 2 is 2.13 bits per heavy atom. The van der Waals surface area contributed by atoms with Gasteiger partial charge >= 0.3 is 6.18 Å². The molecule has 2 heterocycles. The molecule has 0 aromatic carbocycles. The van der Waals surface area contributed by atoms with E-state index < -0.39 is 11.7 Å². The number of nitrogens with one attached hydrogen (secondary N) is 2. The van der Waals surface area contributed by atoms with E-state index in [9.17, 15) is 13.2 Å². The number of nitrogens with zero attached hydrogens (tertiary/aromatic N) is 2. The van der Waals surface area contributed by atoms with Gasteiger partial charge < -0.3 is 10.6 Å². The van der Waals surface area contributed by atoms with Gasteiger partial charge in [0.15, 0.2) is 0 Å². The fraction of sp³-hybridized carbons (Fsp3) is 0.500. The number of anilines is 1. The van der Waals surface area contributed by atoms with E-state index in [4.69, 9.17) is 0 Å². The van der Waals surface area contributed by atoms with Crippen molar-refractivity contribution in [2.75, 3.05) is 18.4 Å². The van der Waals surface area contributed by atoms with Crippen LogP contribution in [0.3, 0.4) is 0 Å². The second-order valence-corrected chi connectivity index (χ2v) is 3.28. The van der Waals surface area contributed by atoms with Gasteiger partial charge in [-0.25, -0.2) is 9.97 Å². The van der Waals surface area contributed by atoms with Crippen molar-refractivity contribution in [1.29, 1.82) is 0 Å². The van der Waals surface area contributed by atoms with Crippen molar-refractivity contribution in [2.45, 2.75) is 12.2 Å². The Labute approximate surface area is 83.9 Å². The van der Waals surface area contributed by atoms with Crippen LogP contribution in [0.5, 0.6) is 0 Å². The molecule has 2 rings (SSSR count). The van der Waals surface area contributed by atoms with Crippen molar-refractivity contribution in [2.24, 2.45) is 0 Å². The highest BCUT2D eigenvalue weighted by molar-refractivity contribution is 5.45. The molecule has 0 saturated carbocycles. The van der Waals surface area contributed by atoms with Gasteiger partial charge in [0.2, 0.25) is 0 Å². The Kier molecular flexibility index (Phi) is 2.47. The molecule has 0 spiro atoms. The van der Waals surface area contributed by atoms with Crippen LogP contribution in [-0.2, 0) is 6.18 Å². The largest absolute Gasteiger partial charge is 0.421 e. The van der Waals surface area contributed by atoms with Crippen LogP contribution in [0.4, 0.5) is 19.0 Å². The molecule has 2 N–H and O–H groups in total. The monoisotopic (exact) mass is 218 g/mol. The maximum atomic E-state index is 12.5. The summed E-state index contributed by atoms with van der Waals surface area (Å²) in [5, 5.41) is 5.67. The number of hydrogen-bond donors (Lipinski definition) is 2. The molecule has 82 valence electrons. The molecule has 0 aliphatic carbocycles. The van der Waals surface area contributed by atoms with Gasteiger partial charge in [0.1, 0.15) is 17.7 Å². The van der Waals surface area contributed by atoms with E-state index in [1.807, 2.05) is 0 Å². The van der Waals surface area contributed by atoms with Crippen molar-refractivity contribution < 1.29 is 13.2 Å². The first-order valence-corrected chi connectivity index (χ1v) is 4.42. The fourth-order valence-corrected chi connectivity index (χ4v) is 1.24. The van der Waals surface area contributed by atoms with E-state index in [-0.39, 0.29) is 11.9 Å². The van der Waals surface area contributed by atoms with Gasteiger partial charge in [0.05, 0.1) is 6.04 Å². The molecule has 4 nitrogen and oxygen atoms in total. The molecule has 1 aliphatic heterocycles. The average Bonchev–Trinajstić information content (AvgIpc) is 2.10. The summed E-state index contributed by atoms with van der Waals surface area (Å²) in [5.41, 5.74) is -0.822. The molecule has 0 unspecified atom stereocenters. The lowest BCUT2D eigenvalue weighted by atomic mass is 10.1. The normalized spacial score (nSPS) is 17.3. The van der Waals surface area contributed by atoms with Gasteiger partial charge in [-0.3, -0.25) is 0 Å². The van der Waals surface area contributed by atoms with Crippen LogP contribution < -0.4 is 10.6 Å². The molecule has 1 aromatic heterocycles. The predicted octanol–water partition coefficient (Wildman–Crippen LogP) is 0.879. The zero-order valence-corrected chi connectivity index (χ0v) is 7.67. The molecule has 1 fully saturated rings. The zero-order valence-electron chi connectivity index (χ0n) is 7.67. The SMILES string of the molecule is FC(F)(F)c1cncnc1NC1CNC1. The van der Waals surface area contributed by atoms with E-state index in [2.05, 4.69) is 20.6 Å². The third-order valence-electron chi connectivity index (χ3n) is 2.14. The second kappa shape index (κ2) is 3.65. The number of rotatable bonds is 2. The molecule has 0 atom stereocenters. The number of aromatic nitrogens is 2. The Morgan fingerprint density at radius 3 is 2.67 bits per heavy atom. The molecule has 1 aliphatic rings. The topological polar surface area (TPSA) is 49.8 Å². The minimum absolute atomic E-state index is 0.0148. The molecule has 15 heavy (non-hydrogen) atoms. The third-order valence-corrected chi connectivity index (χ3v) is 2.14. The first-order chi connectivity index (χ1) is 7.07. The van der Waals surface area contributed by atoms with E-state index in [0.717, 1.165) is 12.5 Å².